The van der Waals surface area contributed by atoms with Gasteiger partial charge in [-0.2, -0.15) is 5.21 Å². The molecular weight excluding hydrogens is 538 g/mol. The number of carbonyl (C=O) groups excluding carboxylic acids is 2. The van der Waals surface area contributed by atoms with Crippen molar-refractivity contribution in [2.75, 3.05) is 0 Å². The Labute approximate surface area is 245 Å². The topological polar surface area (TPSA) is 116 Å². The van der Waals surface area contributed by atoms with E-state index in [1.54, 1.807) is 0 Å². The Hall–Kier alpha value is -3.59. The third-order valence-corrected chi connectivity index (χ3v) is 9.32. The number of hydrogen-bond donors (Lipinski definition) is 2. The molecule has 3 aromatic rings. The summed E-state index contributed by atoms with van der Waals surface area (Å²) in [6.45, 7) is 7.10. The fourth-order valence-corrected chi connectivity index (χ4v) is 6.75. The van der Waals surface area contributed by atoms with Crippen LogP contribution >= 0.6 is 11.6 Å². The van der Waals surface area contributed by atoms with Crippen LogP contribution in [0.4, 0.5) is 0 Å². The highest BCUT2D eigenvalue weighted by atomic mass is 35.5. The van der Waals surface area contributed by atoms with Gasteiger partial charge in [0.2, 0.25) is 0 Å². The minimum atomic E-state index is -0.596. The summed E-state index contributed by atoms with van der Waals surface area (Å²) in [4.78, 5) is 34.5. The maximum atomic E-state index is 14.4. The molecule has 0 radical (unpaired) electrons. The molecule has 1 aliphatic heterocycles. The minimum Gasteiger partial charge on any atom is -0.345 e. The first kappa shape index (κ1) is 27.6. The van der Waals surface area contributed by atoms with Crippen LogP contribution in [0.2, 0.25) is 5.02 Å². The third-order valence-electron chi connectivity index (χ3n) is 8.99. The Morgan fingerprint density at radius 2 is 1.80 bits per heavy atom. The largest absolute Gasteiger partial charge is 0.345 e. The van der Waals surface area contributed by atoms with Gasteiger partial charge in [-0.1, -0.05) is 67.9 Å². The summed E-state index contributed by atoms with van der Waals surface area (Å²) in [6, 6.07) is 15.0. The van der Waals surface area contributed by atoms with E-state index in [0.717, 1.165) is 44.1 Å². The molecule has 41 heavy (non-hydrogen) atoms. The van der Waals surface area contributed by atoms with Gasteiger partial charge in [0.1, 0.15) is 11.4 Å². The average Bonchev–Trinajstić information content (AvgIpc) is 3.59. The molecule has 0 bridgehead atoms. The number of halogens is 1. The van der Waals surface area contributed by atoms with E-state index in [0.29, 0.717) is 39.5 Å². The van der Waals surface area contributed by atoms with E-state index in [-0.39, 0.29) is 29.8 Å². The number of aromatic amines is 1. The Bertz CT molecular complexity index is 1450. The molecule has 2 amide bonds. The summed E-state index contributed by atoms with van der Waals surface area (Å²) >= 11 is 6.60. The average molecular weight is 574 g/mol. The van der Waals surface area contributed by atoms with Crippen molar-refractivity contribution in [1.29, 1.82) is 0 Å². The Morgan fingerprint density at radius 1 is 1.10 bits per heavy atom. The van der Waals surface area contributed by atoms with Crippen LogP contribution in [0, 0.1) is 17.3 Å². The molecule has 10 heteroatoms. The molecule has 1 atom stereocenters. The standard InChI is InChI=1S/C31H36ClN7O2/c1-30(2,3)22-14-16-31(17-15-22)34-26(23-6-4-5-7-24(23)32)29(41)39(31)27(19-8-9-19)20-10-12-21(13-11-20)28(40)33-18-25-35-37-38-36-25/h4-7,10-13,19,22,27H,8-9,14-18H2,1-3H3,(H,33,40)(H,35,36,37,38)/t22?,27-,31?/m1/s1. The number of H-pyrrole nitrogens is 1. The maximum Gasteiger partial charge on any atom is 0.275 e. The van der Waals surface area contributed by atoms with Crippen LogP contribution in [0.5, 0.6) is 0 Å². The molecule has 2 N–H and O–H groups in total. The van der Waals surface area contributed by atoms with Crippen LogP contribution in [0.3, 0.4) is 0 Å². The van der Waals surface area contributed by atoms with Crippen molar-refractivity contribution in [3.8, 4) is 0 Å². The predicted molar refractivity (Wildman–Crippen MR) is 156 cm³/mol. The van der Waals surface area contributed by atoms with Gasteiger partial charge in [0.15, 0.2) is 5.82 Å². The quantitative estimate of drug-likeness (QED) is 0.387. The van der Waals surface area contributed by atoms with Crippen molar-refractivity contribution in [3.63, 3.8) is 0 Å². The van der Waals surface area contributed by atoms with E-state index in [2.05, 4.69) is 51.6 Å². The first-order valence-electron chi connectivity index (χ1n) is 14.5. The second-order valence-electron chi connectivity index (χ2n) is 12.7. The lowest BCUT2D eigenvalue weighted by Gasteiger charge is -2.47. The number of aromatic nitrogens is 4. The van der Waals surface area contributed by atoms with Crippen LogP contribution in [-0.4, -0.2) is 48.7 Å². The van der Waals surface area contributed by atoms with Crippen LogP contribution in [0.1, 0.15) is 92.6 Å². The molecule has 1 spiro atoms. The van der Waals surface area contributed by atoms with Gasteiger partial charge in [-0.05, 0) is 79.5 Å². The summed E-state index contributed by atoms with van der Waals surface area (Å²) < 4.78 is 0. The number of carbonyl (C=O) groups is 2. The summed E-state index contributed by atoms with van der Waals surface area (Å²) in [5, 5.41) is 17.0. The van der Waals surface area contributed by atoms with Crippen LogP contribution in [-0.2, 0) is 11.3 Å². The summed E-state index contributed by atoms with van der Waals surface area (Å²) in [6.07, 6.45) is 5.81. The van der Waals surface area contributed by atoms with Crippen molar-refractivity contribution >= 4 is 29.1 Å². The third kappa shape index (κ3) is 5.39. The van der Waals surface area contributed by atoms with E-state index < -0.39 is 5.66 Å². The highest BCUT2D eigenvalue weighted by Crippen LogP contribution is 2.54. The molecule has 2 saturated carbocycles. The zero-order chi connectivity index (χ0) is 28.8. The smallest absolute Gasteiger partial charge is 0.275 e. The predicted octanol–water partition coefficient (Wildman–Crippen LogP) is 5.50. The number of amides is 2. The van der Waals surface area contributed by atoms with E-state index in [4.69, 9.17) is 16.6 Å². The molecule has 0 saturated heterocycles. The van der Waals surface area contributed by atoms with Crippen molar-refractivity contribution in [1.82, 2.24) is 30.8 Å². The first-order valence-corrected chi connectivity index (χ1v) is 14.8. The second kappa shape index (κ2) is 10.7. The normalized spacial score (nSPS) is 23.5. The molecule has 0 unspecified atom stereocenters. The molecule has 2 aliphatic carbocycles. The lowest BCUT2D eigenvalue weighted by Crippen LogP contribution is -2.52. The molecule has 1 aromatic heterocycles. The molecule has 9 nitrogen and oxygen atoms in total. The number of nitrogens with zero attached hydrogens (tertiary/aromatic N) is 5. The summed E-state index contributed by atoms with van der Waals surface area (Å²) in [5.41, 5.74) is 2.34. The number of hydrogen-bond acceptors (Lipinski definition) is 6. The molecule has 2 fully saturated rings. The molecule has 214 valence electrons. The van der Waals surface area contributed by atoms with Crippen LogP contribution < -0.4 is 5.32 Å². The number of benzene rings is 2. The molecule has 2 heterocycles. The monoisotopic (exact) mass is 573 g/mol. The van der Waals surface area contributed by atoms with Crippen molar-refractivity contribution in [2.24, 2.45) is 22.2 Å². The van der Waals surface area contributed by atoms with Crippen LogP contribution in [0.15, 0.2) is 53.5 Å². The van der Waals surface area contributed by atoms with E-state index in [1.165, 1.54) is 0 Å². The highest BCUT2D eigenvalue weighted by molar-refractivity contribution is 6.50. The number of nitrogens with one attached hydrogen (secondary N) is 2. The van der Waals surface area contributed by atoms with Crippen molar-refractivity contribution in [2.45, 2.75) is 77.5 Å². The zero-order valence-corrected chi connectivity index (χ0v) is 24.5. The lowest BCUT2D eigenvalue weighted by molar-refractivity contribution is -0.134. The van der Waals surface area contributed by atoms with Gasteiger partial charge in [-0.15, -0.1) is 10.2 Å². The Kier molecular flexibility index (Phi) is 7.18. The first-order chi connectivity index (χ1) is 19.7. The molecular formula is C31H36ClN7O2. The van der Waals surface area contributed by atoms with E-state index >= 15 is 0 Å². The Morgan fingerprint density at radius 3 is 2.41 bits per heavy atom. The lowest BCUT2D eigenvalue weighted by atomic mass is 9.69. The second-order valence-corrected chi connectivity index (χ2v) is 13.1. The highest BCUT2D eigenvalue weighted by Gasteiger charge is 2.55. The summed E-state index contributed by atoms with van der Waals surface area (Å²) in [7, 11) is 0. The van der Waals surface area contributed by atoms with Gasteiger partial charge in [-0.25, -0.2) is 0 Å². The van der Waals surface area contributed by atoms with Gasteiger partial charge in [0.05, 0.1) is 17.6 Å². The Balaban J connectivity index is 1.31. The fourth-order valence-electron chi connectivity index (χ4n) is 6.52. The number of tetrazole rings is 1. The molecule has 3 aliphatic rings. The number of rotatable bonds is 7. The minimum absolute atomic E-state index is 0.0499. The van der Waals surface area contributed by atoms with E-state index in [1.807, 2.05) is 48.5 Å². The van der Waals surface area contributed by atoms with Gasteiger partial charge in [-0.3, -0.25) is 14.6 Å². The van der Waals surface area contributed by atoms with Gasteiger partial charge in [0.25, 0.3) is 11.8 Å². The summed E-state index contributed by atoms with van der Waals surface area (Å²) in [5.74, 6) is 1.08. The molecule has 2 aromatic carbocycles. The van der Waals surface area contributed by atoms with Gasteiger partial charge < -0.3 is 10.2 Å². The fraction of sp³-hybridized carbons (Fsp3) is 0.484. The van der Waals surface area contributed by atoms with Crippen LogP contribution in [0.25, 0.3) is 0 Å². The van der Waals surface area contributed by atoms with Gasteiger partial charge in [0, 0.05) is 11.1 Å². The molecule has 6 rings (SSSR count). The van der Waals surface area contributed by atoms with Crippen molar-refractivity contribution < 1.29 is 9.59 Å². The SMILES string of the molecule is CC(C)(C)C1CCC2(CC1)N=C(c1ccccc1Cl)C(=O)N2[C@@H](c1ccc(C(=O)NCc2nn[nH]n2)cc1)C1CC1. The maximum absolute atomic E-state index is 14.4. The zero-order valence-electron chi connectivity index (χ0n) is 23.7. The van der Waals surface area contributed by atoms with Gasteiger partial charge >= 0.3 is 0 Å². The van der Waals surface area contributed by atoms with E-state index in [9.17, 15) is 9.59 Å². The number of aliphatic imine (C=N–C) groups is 1. The van der Waals surface area contributed by atoms with Crippen molar-refractivity contribution in [3.05, 3.63) is 76.1 Å².